The van der Waals surface area contributed by atoms with E-state index in [-0.39, 0.29) is 31.3 Å². The highest BCUT2D eigenvalue weighted by atomic mass is 31.2. The molecule has 0 spiro atoms. The number of nitrogens with two attached hydrogens (primary N) is 1. The monoisotopic (exact) mass is 514 g/mol. The van der Waals surface area contributed by atoms with Gasteiger partial charge < -0.3 is 29.4 Å². The van der Waals surface area contributed by atoms with Gasteiger partial charge in [-0.25, -0.2) is 20.0 Å². The Morgan fingerprint density at radius 3 is 2.54 bits per heavy atom. The summed E-state index contributed by atoms with van der Waals surface area (Å²) in [5.74, 6) is -2.02. The number of rotatable bonds is 14. The predicted octanol–water partition coefficient (Wildman–Crippen LogP) is 2.41. The highest BCUT2D eigenvalue weighted by molar-refractivity contribution is 7.56. The molecule has 0 saturated heterocycles. The second-order valence-electron chi connectivity index (χ2n) is 9.16. The molecule has 2 heterocycles. The number of nitrogens with zero attached hydrogens (tertiary/aromatic N) is 4. The second kappa shape index (κ2) is 11.9. The zero-order valence-electron chi connectivity index (χ0n) is 20.9. The summed E-state index contributed by atoms with van der Waals surface area (Å²) in [5.41, 5.74) is 5.47. The molecule has 196 valence electrons. The van der Waals surface area contributed by atoms with Crippen LogP contribution in [0.5, 0.6) is 0 Å². The van der Waals surface area contributed by atoms with Crippen LogP contribution in [0.3, 0.4) is 0 Å². The molecule has 0 radical (unpaired) electrons. The standard InChI is InChI=1S/C21H35N6O7P/c1-13(2)34-20(30)21(5,6)26-35(31,33-8-7-14(3)19(28)29)12-32-15(4)9-27-11-25-16-17(22)23-10-24-18(16)27/h10-11,13-15H,7-9,12H2,1-6H3,(H,26,31)(H,28,29)(H2,22,23,24)/t14-,15+,35?/m0/s1. The molecule has 0 aliphatic rings. The number of hydrogen-bond donors (Lipinski definition) is 3. The van der Waals surface area contributed by atoms with E-state index in [1.807, 2.05) is 0 Å². The maximum Gasteiger partial charge on any atom is 0.326 e. The van der Waals surface area contributed by atoms with Crippen molar-refractivity contribution in [3.63, 3.8) is 0 Å². The molecule has 0 saturated carbocycles. The molecule has 4 N–H and O–H groups in total. The molecule has 0 fully saturated rings. The SMILES string of the molecule is CC(C)OC(=O)C(C)(C)NP(=O)(CO[C@H](C)Cn1cnc2c(N)ncnc21)OCC[C@H](C)C(=O)O. The number of hydrogen-bond acceptors (Lipinski definition) is 10. The zero-order valence-corrected chi connectivity index (χ0v) is 21.8. The summed E-state index contributed by atoms with van der Waals surface area (Å²) in [5, 5.41) is 11.9. The Morgan fingerprint density at radius 2 is 1.91 bits per heavy atom. The maximum absolute atomic E-state index is 13.7. The number of esters is 1. The summed E-state index contributed by atoms with van der Waals surface area (Å²) in [4.78, 5) is 35.9. The first-order chi connectivity index (χ1) is 16.2. The fraction of sp³-hybridized carbons (Fsp3) is 0.667. The van der Waals surface area contributed by atoms with Crippen LogP contribution in [0, 0.1) is 5.92 Å². The van der Waals surface area contributed by atoms with E-state index < -0.39 is 37.0 Å². The van der Waals surface area contributed by atoms with Crippen molar-refractivity contribution < 1.29 is 33.3 Å². The van der Waals surface area contributed by atoms with Gasteiger partial charge in [-0.05, 0) is 41.0 Å². The number of anilines is 1. The van der Waals surface area contributed by atoms with E-state index in [0.29, 0.717) is 17.7 Å². The van der Waals surface area contributed by atoms with Gasteiger partial charge in [0.25, 0.3) is 7.52 Å². The quantitative estimate of drug-likeness (QED) is 0.248. The Bertz CT molecular complexity index is 1070. The third-order valence-electron chi connectivity index (χ3n) is 4.99. The molecule has 0 amide bonds. The average Bonchev–Trinajstić information content (AvgIpc) is 3.15. The van der Waals surface area contributed by atoms with E-state index >= 15 is 0 Å². The van der Waals surface area contributed by atoms with Crippen LogP contribution in [0.1, 0.15) is 48.0 Å². The molecule has 0 aliphatic carbocycles. The lowest BCUT2D eigenvalue weighted by Gasteiger charge is -2.31. The predicted molar refractivity (Wildman–Crippen MR) is 129 cm³/mol. The maximum atomic E-state index is 13.7. The molecule has 2 aromatic heterocycles. The van der Waals surface area contributed by atoms with Crippen LogP contribution in [-0.4, -0.2) is 67.3 Å². The Kier molecular flexibility index (Phi) is 9.73. The smallest absolute Gasteiger partial charge is 0.326 e. The zero-order chi connectivity index (χ0) is 26.4. The Balaban J connectivity index is 2.11. The van der Waals surface area contributed by atoms with Crippen LogP contribution in [0.2, 0.25) is 0 Å². The van der Waals surface area contributed by atoms with Gasteiger partial charge in [-0.1, -0.05) is 6.92 Å². The molecule has 2 rings (SSSR count). The Morgan fingerprint density at radius 1 is 1.23 bits per heavy atom. The van der Waals surface area contributed by atoms with Crippen molar-refractivity contribution in [2.24, 2.45) is 5.92 Å². The largest absolute Gasteiger partial charge is 0.481 e. The number of carbonyl (C=O) groups excluding carboxylic acids is 1. The van der Waals surface area contributed by atoms with Crippen LogP contribution >= 0.6 is 7.52 Å². The number of nitrogen functional groups attached to an aromatic ring is 1. The van der Waals surface area contributed by atoms with Crippen molar-refractivity contribution in [3.05, 3.63) is 12.7 Å². The first kappa shape index (κ1) is 28.6. The molecular formula is C21H35N6O7P. The van der Waals surface area contributed by atoms with E-state index in [9.17, 15) is 14.2 Å². The number of carboxylic acids is 1. The van der Waals surface area contributed by atoms with E-state index in [1.165, 1.54) is 27.1 Å². The highest BCUT2D eigenvalue weighted by Gasteiger charge is 2.39. The molecule has 35 heavy (non-hydrogen) atoms. The molecule has 1 unspecified atom stereocenters. The Hall–Kier alpha value is -2.60. The van der Waals surface area contributed by atoms with Crippen molar-refractivity contribution in [1.29, 1.82) is 0 Å². The summed E-state index contributed by atoms with van der Waals surface area (Å²) in [6.07, 6.45) is 1.85. The minimum atomic E-state index is -3.76. The molecule has 3 atom stereocenters. The topological polar surface area (TPSA) is 181 Å². The number of imidazole rings is 1. The van der Waals surface area contributed by atoms with Crippen molar-refractivity contribution in [1.82, 2.24) is 24.6 Å². The third kappa shape index (κ3) is 8.24. The van der Waals surface area contributed by atoms with E-state index in [0.717, 1.165) is 0 Å². The van der Waals surface area contributed by atoms with Gasteiger partial charge in [0.05, 0.1) is 37.6 Å². The summed E-state index contributed by atoms with van der Waals surface area (Å²) < 4.78 is 32.1. The lowest BCUT2D eigenvalue weighted by atomic mass is 10.1. The second-order valence-corrected chi connectivity index (χ2v) is 11.2. The van der Waals surface area contributed by atoms with Crippen molar-refractivity contribution in [3.8, 4) is 0 Å². The lowest BCUT2D eigenvalue weighted by molar-refractivity contribution is -0.153. The van der Waals surface area contributed by atoms with Gasteiger partial charge in [0, 0.05) is 0 Å². The van der Waals surface area contributed by atoms with Crippen LogP contribution in [0.4, 0.5) is 5.82 Å². The van der Waals surface area contributed by atoms with Crippen LogP contribution in [-0.2, 0) is 34.7 Å². The van der Waals surface area contributed by atoms with Gasteiger partial charge in [-0.2, -0.15) is 0 Å². The Labute approximate surface area is 204 Å². The van der Waals surface area contributed by atoms with Crippen molar-refractivity contribution in [2.75, 3.05) is 18.7 Å². The molecule has 0 aromatic carbocycles. The number of nitrogens with one attached hydrogen (secondary N) is 1. The number of carbonyl (C=O) groups is 2. The van der Waals surface area contributed by atoms with Gasteiger partial charge in [0.2, 0.25) is 0 Å². The molecular weight excluding hydrogens is 479 g/mol. The average molecular weight is 515 g/mol. The van der Waals surface area contributed by atoms with Crippen molar-refractivity contribution in [2.45, 2.75) is 72.3 Å². The van der Waals surface area contributed by atoms with Crippen LogP contribution in [0.25, 0.3) is 11.2 Å². The fourth-order valence-corrected chi connectivity index (χ4v) is 5.02. The van der Waals surface area contributed by atoms with Gasteiger partial charge in [0.1, 0.15) is 23.7 Å². The minimum Gasteiger partial charge on any atom is -0.481 e. The molecule has 13 nitrogen and oxygen atoms in total. The van der Waals surface area contributed by atoms with Gasteiger partial charge in [0.15, 0.2) is 11.5 Å². The molecule has 14 heteroatoms. The van der Waals surface area contributed by atoms with Crippen molar-refractivity contribution >= 4 is 36.4 Å². The highest BCUT2D eigenvalue weighted by Crippen LogP contribution is 2.45. The molecule has 0 bridgehead atoms. The van der Waals surface area contributed by atoms with Gasteiger partial charge >= 0.3 is 11.9 Å². The van der Waals surface area contributed by atoms with Crippen LogP contribution in [0.15, 0.2) is 12.7 Å². The summed E-state index contributed by atoms with van der Waals surface area (Å²) in [6, 6.07) is 0. The van der Waals surface area contributed by atoms with Crippen LogP contribution < -0.4 is 10.8 Å². The number of aliphatic carboxylic acids is 1. The first-order valence-corrected chi connectivity index (χ1v) is 13.0. The lowest BCUT2D eigenvalue weighted by Crippen LogP contribution is -2.47. The number of aromatic nitrogens is 4. The summed E-state index contributed by atoms with van der Waals surface area (Å²) in [6.45, 7) is 9.98. The molecule has 0 aliphatic heterocycles. The van der Waals surface area contributed by atoms with E-state index in [2.05, 4.69) is 20.0 Å². The normalized spacial score (nSPS) is 15.6. The minimum absolute atomic E-state index is 0.104. The summed E-state index contributed by atoms with van der Waals surface area (Å²) in [7, 11) is -3.76. The fourth-order valence-electron chi connectivity index (χ4n) is 3.02. The van der Waals surface area contributed by atoms with Gasteiger partial charge in [-0.3, -0.25) is 14.2 Å². The first-order valence-electron chi connectivity index (χ1n) is 11.2. The van der Waals surface area contributed by atoms with Gasteiger partial charge in [-0.15, -0.1) is 0 Å². The van der Waals surface area contributed by atoms with E-state index in [4.69, 9.17) is 24.8 Å². The number of fused-ring (bicyclic) bond motifs is 1. The van der Waals surface area contributed by atoms with E-state index in [1.54, 1.807) is 31.7 Å². The number of ether oxygens (including phenoxy) is 2. The third-order valence-corrected chi connectivity index (χ3v) is 6.98. The summed E-state index contributed by atoms with van der Waals surface area (Å²) >= 11 is 0. The molecule has 2 aromatic rings. The number of carboxylic acid groups (broad SMARTS) is 1.